The van der Waals surface area contributed by atoms with E-state index in [4.69, 9.17) is 5.26 Å². The zero-order valence-electron chi connectivity index (χ0n) is 11.7. The zero-order chi connectivity index (χ0) is 15.3. The van der Waals surface area contributed by atoms with Gasteiger partial charge in [-0.25, -0.2) is 8.42 Å². The molecule has 0 atom stereocenters. The molecule has 1 amide bonds. The largest absolute Gasteiger partial charge is 0.324 e. The third-order valence-electron chi connectivity index (χ3n) is 3.71. The number of sulfone groups is 1. The van der Waals surface area contributed by atoms with Crippen LogP contribution in [-0.4, -0.2) is 25.3 Å². The molecule has 0 bridgehead atoms. The van der Waals surface area contributed by atoms with Crippen LogP contribution in [0.25, 0.3) is 0 Å². The number of nitrogens with zero attached hydrogens (tertiary/aromatic N) is 1. The second-order valence-electron chi connectivity index (χ2n) is 5.27. The lowest BCUT2D eigenvalue weighted by molar-refractivity contribution is -0.113. The van der Waals surface area contributed by atoms with Crippen LogP contribution < -0.4 is 5.32 Å². The molecule has 0 spiro atoms. The Morgan fingerprint density at radius 2 is 1.90 bits per heavy atom. The maximum atomic E-state index is 12.2. The molecule has 1 aliphatic rings. The normalized spacial score (nSPS) is 16.1. The van der Waals surface area contributed by atoms with Crippen molar-refractivity contribution < 1.29 is 13.2 Å². The van der Waals surface area contributed by atoms with E-state index in [1.807, 2.05) is 6.07 Å². The van der Waals surface area contributed by atoms with Crippen LogP contribution in [0.5, 0.6) is 0 Å². The molecule has 21 heavy (non-hydrogen) atoms. The predicted molar refractivity (Wildman–Crippen MR) is 80.4 cm³/mol. The number of nitriles is 1. The highest BCUT2D eigenvalue weighted by atomic mass is 32.2. The summed E-state index contributed by atoms with van der Waals surface area (Å²) in [5, 5.41) is 11.1. The molecular weight excluding hydrogens is 288 g/mol. The number of benzene rings is 1. The molecule has 0 heterocycles. The van der Waals surface area contributed by atoms with Crippen molar-refractivity contribution >= 4 is 21.4 Å². The summed E-state index contributed by atoms with van der Waals surface area (Å²) in [6.45, 7) is 0. The minimum absolute atomic E-state index is 0.320. The maximum absolute atomic E-state index is 12.2. The molecule has 1 saturated carbocycles. The summed E-state index contributed by atoms with van der Waals surface area (Å²) in [4.78, 5) is 11.9. The van der Waals surface area contributed by atoms with Gasteiger partial charge >= 0.3 is 0 Å². The molecule has 0 unspecified atom stereocenters. The van der Waals surface area contributed by atoms with Crippen LogP contribution in [0.4, 0.5) is 5.69 Å². The zero-order valence-corrected chi connectivity index (χ0v) is 12.5. The highest BCUT2D eigenvalue weighted by Crippen LogP contribution is 2.24. The van der Waals surface area contributed by atoms with Gasteiger partial charge in [0.25, 0.3) is 0 Å². The molecule has 0 radical (unpaired) electrons. The number of anilines is 1. The van der Waals surface area contributed by atoms with Gasteiger partial charge in [-0.2, -0.15) is 5.26 Å². The van der Waals surface area contributed by atoms with Crippen LogP contribution in [0.15, 0.2) is 24.3 Å². The summed E-state index contributed by atoms with van der Waals surface area (Å²) in [5.41, 5.74) is 0.671. The molecule has 1 aliphatic carbocycles. The van der Waals surface area contributed by atoms with Crippen molar-refractivity contribution in [2.75, 3.05) is 11.1 Å². The molecular formula is C15H18N2O3S. The van der Waals surface area contributed by atoms with Gasteiger partial charge < -0.3 is 5.32 Å². The Balaban J connectivity index is 2.03. The molecule has 0 aliphatic heterocycles. The van der Waals surface area contributed by atoms with Crippen LogP contribution >= 0.6 is 0 Å². The van der Waals surface area contributed by atoms with Gasteiger partial charge in [-0.3, -0.25) is 4.79 Å². The third kappa shape index (κ3) is 4.05. The number of nitrogens with one attached hydrogen (secondary N) is 1. The fourth-order valence-electron chi connectivity index (χ4n) is 2.60. The highest BCUT2D eigenvalue weighted by molar-refractivity contribution is 7.92. The number of carbonyl (C=O) groups is 1. The molecule has 112 valence electrons. The van der Waals surface area contributed by atoms with Crippen molar-refractivity contribution in [2.24, 2.45) is 0 Å². The first-order valence-corrected chi connectivity index (χ1v) is 8.75. The Labute approximate surface area is 124 Å². The number of rotatable bonds is 4. The van der Waals surface area contributed by atoms with Crippen LogP contribution in [0.2, 0.25) is 0 Å². The summed E-state index contributed by atoms with van der Waals surface area (Å²) in [6.07, 6.45) is 4.16. The van der Waals surface area contributed by atoms with Gasteiger partial charge in [0.05, 0.1) is 16.5 Å². The molecule has 5 nitrogen and oxygen atoms in total. The molecule has 1 N–H and O–H groups in total. The minimum Gasteiger partial charge on any atom is -0.324 e. The lowest BCUT2D eigenvalue weighted by atomic mass is 10.0. The molecule has 1 fully saturated rings. The Hall–Kier alpha value is -1.87. The SMILES string of the molecule is N#Cc1ccccc1NC(=O)CS(=O)(=O)C1CCCCC1. The third-order valence-corrected chi connectivity index (χ3v) is 5.87. The molecule has 1 aromatic carbocycles. The molecule has 6 heteroatoms. The van der Waals surface area contributed by atoms with E-state index in [1.54, 1.807) is 24.3 Å². The van der Waals surface area contributed by atoms with E-state index < -0.39 is 26.7 Å². The van der Waals surface area contributed by atoms with E-state index in [0.29, 0.717) is 24.1 Å². The quantitative estimate of drug-likeness (QED) is 0.924. The standard InChI is InChI=1S/C15H18N2O3S/c16-10-12-6-4-5-9-14(12)17-15(18)11-21(19,20)13-7-2-1-3-8-13/h4-6,9,13H,1-3,7-8,11H2,(H,17,18). The summed E-state index contributed by atoms with van der Waals surface area (Å²) in [5.74, 6) is -1.10. The van der Waals surface area contributed by atoms with Gasteiger partial charge in [0.1, 0.15) is 11.8 Å². The highest BCUT2D eigenvalue weighted by Gasteiger charge is 2.29. The lowest BCUT2D eigenvalue weighted by Crippen LogP contribution is -2.32. The first-order chi connectivity index (χ1) is 10.0. The van der Waals surface area contributed by atoms with Crippen LogP contribution in [-0.2, 0) is 14.6 Å². The maximum Gasteiger partial charge on any atom is 0.239 e. The van der Waals surface area contributed by atoms with Crippen molar-refractivity contribution in [3.8, 4) is 6.07 Å². The van der Waals surface area contributed by atoms with E-state index in [0.717, 1.165) is 19.3 Å². The average molecular weight is 306 g/mol. The van der Waals surface area contributed by atoms with E-state index >= 15 is 0 Å². The number of carbonyl (C=O) groups excluding carboxylic acids is 1. The monoisotopic (exact) mass is 306 g/mol. The molecule has 0 aromatic heterocycles. The Morgan fingerprint density at radius 1 is 1.24 bits per heavy atom. The van der Waals surface area contributed by atoms with E-state index in [1.165, 1.54) is 0 Å². The van der Waals surface area contributed by atoms with E-state index in [2.05, 4.69) is 5.32 Å². The smallest absolute Gasteiger partial charge is 0.239 e. The van der Waals surface area contributed by atoms with Gasteiger partial charge in [-0.15, -0.1) is 0 Å². The van der Waals surface area contributed by atoms with Crippen LogP contribution in [0.3, 0.4) is 0 Å². The second-order valence-corrected chi connectivity index (χ2v) is 7.55. The summed E-state index contributed by atoms with van der Waals surface area (Å²) in [7, 11) is -3.42. The molecule has 0 saturated heterocycles. The summed E-state index contributed by atoms with van der Waals surface area (Å²) < 4.78 is 24.4. The van der Waals surface area contributed by atoms with Gasteiger partial charge in [0.15, 0.2) is 9.84 Å². The van der Waals surface area contributed by atoms with Crippen molar-refractivity contribution in [1.82, 2.24) is 0 Å². The lowest BCUT2D eigenvalue weighted by Gasteiger charge is -2.21. The van der Waals surface area contributed by atoms with Crippen molar-refractivity contribution in [3.05, 3.63) is 29.8 Å². The number of para-hydroxylation sites is 1. The first-order valence-electron chi connectivity index (χ1n) is 7.03. The van der Waals surface area contributed by atoms with Crippen molar-refractivity contribution in [3.63, 3.8) is 0 Å². The Morgan fingerprint density at radius 3 is 2.57 bits per heavy atom. The fourth-order valence-corrected chi connectivity index (χ4v) is 4.33. The van der Waals surface area contributed by atoms with Crippen molar-refractivity contribution in [1.29, 1.82) is 5.26 Å². The fraction of sp³-hybridized carbons (Fsp3) is 0.467. The van der Waals surface area contributed by atoms with Gasteiger partial charge in [0, 0.05) is 0 Å². The Kier molecular flexibility index (Phi) is 4.97. The first kappa shape index (κ1) is 15.5. The van der Waals surface area contributed by atoms with Gasteiger partial charge in [0.2, 0.25) is 5.91 Å². The Bertz CT molecular complexity index is 656. The average Bonchev–Trinajstić information content (AvgIpc) is 2.48. The number of hydrogen-bond donors (Lipinski definition) is 1. The van der Waals surface area contributed by atoms with Crippen molar-refractivity contribution in [2.45, 2.75) is 37.4 Å². The van der Waals surface area contributed by atoms with Crippen LogP contribution in [0.1, 0.15) is 37.7 Å². The minimum atomic E-state index is -3.42. The van der Waals surface area contributed by atoms with Crippen LogP contribution in [0, 0.1) is 11.3 Å². The molecule has 1 aromatic rings. The summed E-state index contributed by atoms with van der Waals surface area (Å²) >= 11 is 0. The van der Waals surface area contributed by atoms with E-state index in [9.17, 15) is 13.2 Å². The number of amides is 1. The van der Waals surface area contributed by atoms with Gasteiger partial charge in [-0.05, 0) is 25.0 Å². The second kappa shape index (κ2) is 6.72. The molecule has 2 rings (SSSR count). The summed E-state index contributed by atoms with van der Waals surface area (Å²) in [6, 6.07) is 8.50. The predicted octanol–water partition coefficient (Wildman–Crippen LogP) is 2.24. The van der Waals surface area contributed by atoms with E-state index in [-0.39, 0.29) is 0 Å². The van der Waals surface area contributed by atoms with Gasteiger partial charge in [-0.1, -0.05) is 31.4 Å². The topological polar surface area (TPSA) is 87.0 Å². The number of hydrogen-bond acceptors (Lipinski definition) is 4.